The van der Waals surface area contributed by atoms with Crippen molar-refractivity contribution in [1.82, 2.24) is 0 Å². The fourth-order valence-electron chi connectivity index (χ4n) is 2.86. The molecule has 0 spiro atoms. The van der Waals surface area contributed by atoms with Gasteiger partial charge in [-0.2, -0.15) is 4.99 Å². The van der Waals surface area contributed by atoms with E-state index < -0.39 is 15.3 Å². The topological polar surface area (TPSA) is 76.0 Å². The Bertz CT molecular complexity index is 810. The average molecular weight is 383 g/mol. The Kier molecular flexibility index (Phi) is 4.61. The van der Waals surface area contributed by atoms with Crippen molar-refractivity contribution in [2.75, 3.05) is 23.5 Å². The van der Waals surface area contributed by atoms with E-state index in [1.54, 1.807) is 7.11 Å². The second-order valence-electron chi connectivity index (χ2n) is 7.32. The van der Waals surface area contributed by atoms with Gasteiger partial charge >= 0.3 is 0 Å². The van der Waals surface area contributed by atoms with Crippen LogP contribution in [0.2, 0.25) is 0 Å². The highest BCUT2D eigenvalue weighted by atomic mass is 32.2. The molecule has 0 N–H and O–H groups in total. The van der Waals surface area contributed by atoms with Crippen LogP contribution in [0.15, 0.2) is 29.3 Å². The Hall–Kier alpha value is -1.54. The number of thioether (sulfide) groups is 1. The second-order valence-corrected chi connectivity index (χ2v) is 10.7. The highest BCUT2D eigenvalue weighted by molar-refractivity contribution is 8.16. The second kappa shape index (κ2) is 6.32. The number of hydrogen-bond donors (Lipinski definition) is 0. The predicted molar refractivity (Wildman–Crippen MR) is 101 cm³/mol. The molecule has 25 heavy (non-hydrogen) atoms. The summed E-state index contributed by atoms with van der Waals surface area (Å²) in [6.07, 6.45) is 0. The quantitative estimate of drug-likeness (QED) is 0.781. The molecular weight excluding hydrogens is 360 g/mol. The number of rotatable bonds is 2. The molecule has 1 aromatic carbocycles. The lowest BCUT2D eigenvalue weighted by Crippen LogP contribution is -2.38. The Morgan fingerprint density at radius 3 is 2.44 bits per heavy atom. The maximum absolute atomic E-state index is 12.4. The van der Waals surface area contributed by atoms with Gasteiger partial charge in [-0.25, -0.2) is 8.42 Å². The Labute approximate surface area is 152 Å². The van der Waals surface area contributed by atoms with E-state index in [2.05, 4.69) is 4.99 Å². The minimum atomic E-state index is -3.07. The number of hydrogen-bond acceptors (Lipinski definition) is 5. The zero-order chi connectivity index (χ0) is 18.4. The van der Waals surface area contributed by atoms with E-state index in [0.717, 1.165) is 11.4 Å². The molecule has 136 valence electrons. The fraction of sp³-hybridized carbons (Fsp3) is 0.529. The van der Waals surface area contributed by atoms with Gasteiger partial charge < -0.3 is 9.64 Å². The average Bonchev–Trinajstić information content (AvgIpc) is 2.97. The number of anilines is 1. The number of nitrogens with zero attached hydrogens (tertiary/aromatic N) is 2. The molecule has 0 saturated carbocycles. The van der Waals surface area contributed by atoms with Gasteiger partial charge in [0.2, 0.25) is 0 Å². The minimum absolute atomic E-state index is 0.0828. The summed E-state index contributed by atoms with van der Waals surface area (Å²) >= 11 is 1.39. The van der Waals surface area contributed by atoms with Gasteiger partial charge in [-0.3, -0.25) is 4.79 Å². The highest BCUT2D eigenvalue weighted by Crippen LogP contribution is 2.41. The van der Waals surface area contributed by atoms with Crippen molar-refractivity contribution >= 4 is 38.4 Å². The van der Waals surface area contributed by atoms with Gasteiger partial charge in [0.25, 0.3) is 5.91 Å². The van der Waals surface area contributed by atoms with Crippen LogP contribution in [0, 0.1) is 5.41 Å². The maximum Gasteiger partial charge on any atom is 0.253 e. The standard InChI is InChI=1S/C17H22N2O4S2/c1-17(2,3)15(20)18-16-19(11-5-7-12(23-4)8-6-11)13-9-25(21,22)10-14(13)24-16/h5-8,13-14H,9-10H2,1-4H3/t13-,14-/m0/s1. The van der Waals surface area contributed by atoms with Gasteiger partial charge in [-0.15, -0.1) is 0 Å². The third kappa shape index (κ3) is 3.69. The summed E-state index contributed by atoms with van der Waals surface area (Å²) in [6.45, 7) is 5.46. The van der Waals surface area contributed by atoms with Crippen molar-refractivity contribution in [1.29, 1.82) is 0 Å². The SMILES string of the molecule is COc1ccc(N2C(=NC(=O)C(C)(C)C)S[C@H]3CS(=O)(=O)C[C@@H]32)cc1. The maximum atomic E-state index is 12.4. The van der Waals surface area contributed by atoms with Crippen molar-refractivity contribution in [3.05, 3.63) is 24.3 Å². The molecule has 2 atom stereocenters. The molecule has 0 aliphatic carbocycles. The summed E-state index contributed by atoms with van der Waals surface area (Å²) in [7, 11) is -1.47. The molecule has 1 aromatic rings. The summed E-state index contributed by atoms with van der Waals surface area (Å²) in [5.74, 6) is 0.712. The van der Waals surface area contributed by atoms with Gasteiger partial charge in [0.15, 0.2) is 15.0 Å². The van der Waals surface area contributed by atoms with Gasteiger partial charge in [0, 0.05) is 16.4 Å². The zero-order valence-electron chi connectivity index (χ0n) is 14.7. The van der Waals surface area contributed by atoms with E-state index in [9.17, 15) is 13.2 Å². The van der Waals surface area contributed by atoms with Crippen LogP contribution in [-0.2, 0) is 14.6 Å². The first-order chi connectivity index (χ1) is 11.6. The van der Waals surface area contributed by atoms with E-state index in [0.29, 0.717) is 5.17 Å². The van der Waals surface area contributed by atoms with Gasteiger partial charge in [0.05, 0.1) is 24.7 Å². The van der Waals surface area contributed by atoms with Crippen LogP contribution in [0.1, 0.15) is 20.8 Å². The molecule has 0 unspecified atom stereocenters. The normalized spacial score (nSPS) is 26.7. The van der Waals surface area contributed by atoms with Gasteiger partial charge in [-0.1, -0.05) is 32.5 Å². The van der Waals surface area contributed by atoms with Crippen LogP contribution in [0.5, 0.6) is 5.75 Å². The van der Waals surface area contributed by atoms with Crippen LogP contribution in [0.3, 0.4) is 0 Å². The third-order valence-electron chi connectivity index (χ3n) is 4.26. The van der Waals surface area contributed by atoms with E-state index in [1.165, 1.54) is 11.8 Å². The summed E-state index contributed by atoms with van der Waals surface area (Å²) in [6, 6.07) is 7.17. The molecule has 3 rings (SSSR count). The Balaban J connectivity index is 2.00. The van der Waals surface area contributed by atoms with Crippen molar-refractivity contribution in [2.45, 2.75) is 32.1 Å². The molecule has 6 nitrogen and oxygen atoms in total. The van der Waals surface area contributed by atoms with Gasteiger partial charge in [-0.05, 0) is 24.3 Å². The first-order valence-corrected chi connectivity index (χ1v) is 10.7. The van der Waals surface area contributed by atoms with Crippen molar-refractivity contribution in [3.8, 4) is 5.75 Å². The molecule has 0 aromatic heterocycles. The smallest absolute Gasteiger partial charge is 0.253 e. The van der Waals surface area contributed by atoms with Crippen molar-refractivity contribution in [2.24, 2.45) is 10.4 Å². The number of benzene rings is 1. The summed E-state index contributed by atoms with van der Waals surface area (Å²) < 4.78 is 29.3. The van der Waals surface area contributed by atoms with Crippen molar-refractivity contribution in [3.63, 3.8) is 0 Å². The van der Waals surface area contributed by atoms with Crippen LogP contribution >= 0.6 is 11.8 Å². The number of sulfone groups is 1. The van der Waals surface area contributed by atoms with Crippen LogP contribution in [-0.4, -0.2) is 49.4 Å². The number of carbonyl (C=O) groups excluding carboxylic acids is 1. The van der Waals surface area contributed by atoms with Crippen LogP contribution in [0.25, 0.3) is 0 Å². The van der Waals surface area contributed by atoms with E-state index in [4.69, 9.17) is 4.74 Å². The van der Waals surface area contributed by atoms with Gasteiger partial charge in [0.1, 0.15) is 5.75 Å². The summed E-state index contributed by atoms with van der Waals surface area (Å²) in [5, 5.41) is 0.480. The number of amidine groups is 1. The summed E-state index contributed by atoms with van der Waals surface area (Å²) in [4.78, 5) is 18.6. The lowest BCUT2D eigenvalue weighted by molar-refractivity contribution is -0.124. The number of amides is 1. The monoisotopic (exact) mass is 382 g/mol. The fourth-order valence-corrected chi connectivity index (χ4v) is 6.78. The Morgan fingerprint density at radius 2 is 1.88 bits per heavy atom. The number of methoxy groups -OCH3 is 1. The van der Waals surface area contributed by atoms with E-state index in [1.807, 2.05) is 49.9 Å². The lowest BCUT2D eigenvalue weighted by atomic mass is 9.96. The molecule has 2 saturated heterocycles. The van der Waals surface area contributed by atoms with Crippen LogP contribution in [0.4, 0.5) is 5.69 Å². The predicted octanol–water partition coefficient (Wildman–Crippen LogP) is 2.34. The first kappa shape index (κ1) is 18.3. The molecule has 1 amide bonds. The number of fused-ring (bicyclic) bond motifs is 1. The molecule has 2 heterocycles. The highest BCUT2D eigenvalue weighted by Gasteiger charge is 2.49. The number of ether oxygens (including phenoxy) is 1. The molecule has 0 radical (unpaired) electrons. The third-order valence-corrected chi connectivity index (χ3v) is 7.47. The number of carbonyl (C=O) groups is 1. The molecule has 2 fully saturated rings. The molecule has 8 heteroatoms. The zero-order valence-corrected chi connectivity index (χ0v) is 16.4. The molecular formula is C17H22N2O4S2. The Morgan fingerprint density at radius 1 is 1.24 bits per heavy atom. The van der Waals surface area contributed by atoms with E-state index >= 15 is 0 Å². The largest absolute Gasteiger partial charge is 0.497 e. The number of aliphatic imine (C=N–C) groups is 1. The lowest BCUT2D eigenvalue weighted by Gasteiger charge is -2.25. The minimum Gasteiger partial charge on any atom is -0.497 e. The molecule has 2 aliphatic rings. The summed E-state index contributed by atoms with van der Waals surface area (Å²) in [5.41, 5.74) is 0.237. The molecule has 0 bridgehead atoms. The van der Waals surface area contributed by atoms with Crippen molar-refractivity contribution < 1.29 is 17.9 Å². The first-order valence-electron chi connectivity index (χ1n) is 8.04. The molecule has 2 aliphatic heterocycles. The van der Waals surface area contributed by atoms with Crippen LogP contribution < -0.4 is 9.64 Å². The van der Waals surface area contributed by atoms with E-state index in [-0.39, 0.29) is 28.7 Å².